The zero-order valence-corrected chi connectivity index (χ0v) is 16.9. The number of carbonyl (C=O) groups is 1. The number of carboxylic acid groups (broad SMARTS) is 1. The van der Waals surface area contributed by atoms with Crippen LogP contribution in [0.15, 0.2) is 12.1 Å². The summed E-state index contributed by atoms with van der Waals surface area (Å²) in [6, 6.07) is 3.40. The van der Waals surface area contributed by atoms with Gasteiger partial charge >= 0.3 is 5.97 Å². The van der Waals surface area contributed by atoms with Crippen LogP contribution in [0.3, 0.4) is 0 Å². The van der Waals surface area contributed by atoms with Gasteiger partial charge in [0.2, 0.25) is 0 Å². The molecule has 144 valence electrons. The van der Waals surface area contributed by atoms with Crippen molar-refractivity contribution in [3.05, 3.63) is 22.7 Å². The Morgan fingerprint density at radius 1 is 1.35 bits per heavy atom. The number of benzene rings is 1. The number of methoxy groups -OCH3 is 1. The summed E-state index contributed by atoms with van der Waals surface area (Å²) in [6.07, 6.45) is 5.37. The van der Waals surface area contributed by atoms with Gasteiger partial charge in [-0.15, -0.1) is 11.3 Å². The van der Waals surface area contributed by atoms with Crippen molar-refractivity contribution in [2.24, 2.45) is 11.8 Å². The minimum Gasteiger partial charge on any atom is -0.496 e. The van der Waals surface area contributed by atoms with Crippen molar-refractivity contribution in [1.29, 1.82) is 0 Å². The Kier molecular flexibility index (Phi) is 7.85. The molecule has 1 aromatic heterocycles. The summed E-state index contributed by atoms with van der Waals surface area (Å²) < 4.78 is 11.2. The molecule has 2 heterocycles. The highest BCUT2D eigenvalue weighted by molar-refractivity contribution is 7.19. The number of nitrogens with zero attached hydrogens (tertiary/aromatic N) is 1. The lowest BCUT2D eigenvalue weighted by Gasteiger charge is -2.28. The molecule has 3 rings (SSSR count). The predicted molar refractivity (Wildman–Crippen MR) is 105 cm³/mol. The Bertz CT molecular complexity index is 726. The minimum absolute atomic E-state index is 0.195. The summed E-state index contributed by atoms with van der Waals surface area (Å²) in [4.78, 5) is 15.3. The second kappa shape index (κ2) is 9.88. The number of carboxylic acids is 1. The average molecular weight is 380 g/mol. The summed E-state index contributed by atoms with van der Waals surface area (Å²) in [7, 11) is 1.46. The molecule has 2 aromatic rings. The van der Waals surface area contributed by atoms with Crippen molar-refractivity contribution in [3.8, 4) is 5.75 Å². The van der Waals surface area contributed by atoms with E-state index in [0.717, 1.165) is 30.1 Å². The maximum atomic E-state index is 11.1. The Balaban J connectivity index is 0.000000197. The summed E-state index contributed by atoms with van der Waals surface area (Å²) in [6.45, 7) is 8.40. The van der Waals surface area contributed by atoms with E-state index >= 15 is 0 Å². The molecule has 1 N–H and O–H groups in total. The van der Waals surface area contributed by atoms with E-state index in [9.17, 15) is 4.79 Å². The topological polar surface area (TPSA) is 68.7 Å². The van der Waals surface area contributed by atoms with Gasteiger partial charge in [-0.1, -0.05) is 26.7 Å². The summed E-state index contributed by atoms with van der Waals surface area (Å²) >= 11 is 1.36. The SMILES string of the molecule is CCCC1COCC(CC)C1.COc1ccc2nc(C)sc2c1C(=O)O. The first-order valence-corrected chi connectivity index (χ1v) is 10.1. The normalized spacial score (nSPS) is 19.7. The monoisotopic (exact) mass is 379 g/mol. The molecule has 1 fully saturated rings. The third-order valence-corrected chi connectivity index (χ3v) is 5.71. The van der Waals surface area contributed by atoms with Gasteiger partial charge in [0, 0.05) is 13.2 Å². The lowest BCUT2D eigenvalue weighted by Crippen LogP contribution is -2.24. The van der Waals surface area contributed by atoms with Crippen molar-refractivity contribution in [3.63, 3.8) is 0 Å². The van der Waals surface area contributed by atoms with E-state index < -0.39 is 5.97 Å². The van der Waals surface area contributed by atoms with Crippen LogP contribution in [-0.4, -0.2) is 36.4 Å². The van der Waals surface area contributed by atoms with Gasteiger partial charge in [-0.05, 0) is 43.7 Å². The number of hydrogen-bond donors (Lipinski definition) is 1. The molecule has 6 heteroatoms. The zero-order valence-electron chi connectivity index (χ0n) is 16.1. The van der Waals surface area contributed by atoms with E-state index in [-0.39, 0.29) is 5.56 Å². The van der Waals surface area contributed by atoms with Gasteiger partial charge in [0.25, 0.3) is 0 Å². The largest absolute Gasteiger partial charge is 0.496 e. The number of aromatic nitrogens is 1. The van der Waals surface area contributed by atoms with E-state index in [2.05, 4.69) is 18.8 Å². The van der Waals surface area contributed by atoms with E-state index in [1.54, 1.807) is 12.1 Å². The highest BCUT2D eigenvalue weighted by atomic mass is 32.1. The number of aromatic carboxylic acids is 1. The third-order valence-electron chi connectivity index (χ3n) is 4.71. The summed E-state index contributed by atoms with van der Waals surface area (Å²) in [5.74, 6) is 1.10. The fourth-order valence-corrected chi connectivity index (χ4v) is 4.31. The Morgan fingerprint density at radius 3 is 2.69 bits per heavy atom. The minimum atomic E-state index is -0.985. The van der Waals surface area contributed by atoms with Crippen LogP contribution in [0.25, 0.3) is 10.2 Å². The molecule has 0 bridgehead atoms. The second-order valence-corrected chi connectivity index (χ2v) is 7.93. The molecule has 2 unspecified atom stereocenters. The van der Waals surface area contributed by atoms with E-state index in [1.165, 1.54) is 44.1 Å². The highest BCUT2D eigenvalue weighted by Crippen LogP contribution is 2.32. The maximum Gasteiger partial charge on any atom is 0.341 e. The fraction of sp³-hybridized carbons (Fsp3) is 0.600. The van der Waals surface area contributed by atoms with Crippen LogP contribution >= 0.6 is 11.3 Å². The van der Waals surface area contributed by atoms with Gasteiger partial charge in [0.1, 0.15) is 11.3 Å². The van der Waals surface area contributed by atoms with Gasteiger partial charge in [0.05, 0.1) is 22.3 Å². The first-order chi connectivity index (χ1) is 12.5. The molecule has 0 radical (unpaired) electrons. The molecular weight excluding hydrogens is 350 g/mol. The molecular formula is C20H29NO4S. The second-order valence-electron chi connectivity index (χ2n) is 6.73. The molecule has 0 spiro atoms. The van der Waals surface area contributed by atoms with Crippen molar-refractivity contribution in [2.75, 3.05) is 20.3 Å². The van der Waals surface area contributed by atoms with Gasteiger partial charge in [-0.2, -0.15) is 0 Å². The lowest BCUT2D eigenvalue weighted by atomic mass is 9.89. The molecule has 1 aromatic carbocycles. The van der Waals surface area contributed by atoms with Crippen LogP contribution in [0, 0.1) is 18.8 Å². The van der Waals surface area contributed by atoms with E-state index in [1.807, 2.05) is 6.92 Å². The molecule has 1 aliphatic heterocycles. The van der Waals surface area contributed by atoms with Gasteiger partial charge in [-0.3, -0.25) is 0 Å². The number of rotatable bonds is 5. The first-order valence-electron chi connectivity index (χ1n) is 9.25. The standard InChI is InChI=1S/C10H9NO3S.C10H20O/c1-5-11-6-3-4-7(14-2)8(10(12)13)9(6)15-5;1-3-5-10-6-9(4-2)7-11-8-10/h3-4H,1-2H3,(H,12,13);9-10H,3-8H2,1-2H3. The summed E-state index contributed by atoms with van der Waals surface area (Å²) in [5, 5.41) is 9.95. The number of fused-ring (bicyclic) bond motifs is 1. The predicted octanol–water partition coefficient (Wildman–Crippen LogP) is 5.16. The highest BCUT2D eigenvalue weighted by Gasteiger charge is 2.20. The molecule has 1 saturated heterocycles. The van der Waals surface area contributed by atoms with Crippen LogP contribution in [0.5, 0.6) is 5.75 Å². The molecule has 5 nitrogen and oxygen atoms in total. The molecule has 1 aliphatic rings. The fourth-order valence-electron chi connectivity index (χ4n) is 3.36. The summed E-state index contributed by atoms with van der Waals surface area (Å²) in [5.41, 5.74) is 0.899. The number of ether oxygens (including phenoxy) is 2. The molecule has 0 amide bonds. The van der Waals surface area contributed by atoms with Crippen molar-refractivity contribution >= 4 is 27.5 Å². The smallest absolute Gasteiger partial charge is 0.341 e. The van der Waals surface area contributed by atoms with Crippen LogP contribution in [0.4, 0.5) is 0 Å². The van der Waals surface area contributed by atoms with E-state index in [0.29, 0.717) is 16.0 Å². The Hall–Kier alpha value is -1.66. The number of thiazole rings is 1. The van der Waals surface area contributed by atoms with Crippen molar-refractivity contribution < 1.29 is 19.4 Å². The first kappa shape index (κ1) is 20.6. The Labute approximate surface area is 159 Å². The molecule has 2 atom stereocenters. The molecule has 0 aliphatic carbocycles. The quantitative estimate of drug-likeness (QED) is 0.777. The van der Waals surface area contributed by atoms with Crippen LogP contribution in [0.1, 0.15) is 54.9 Å². The van der Waals surface area contributed by atoms with Crippen LogP contribution in [-0.2, 0) is 4.74 Å². The van der Waals surface area contributed by atoms with Crippen molar-refractivity contribution in [2.45, 2.75) is 46.5 Å². The van der Waals surface area contributed by atoms with Crippen LogP contribution in [0.2, 0.25) is 0 Å². The maximum absolute atomic E-state index is 11.1. The third kappa shape index (κ3) is 5.17. The molecule has 26 heavy (non-hydrogen) atoms. The lowest BCUT2D eigenvalue weighted by molar-refractivity contribution is 0.0110. The average Bonchev–Trinajstić information content (AvgIpc) is 3.01. The Morgan fingerprint density at radius 2 is 2.08 bits per heavy atom. The van der Waals surface area contributed by atoms with Crippen LogP contribution < -0.4 is 4.74 Å². The molecule has 0 saturated carbocycles. The van der Waals surface area contributed by atoms with Gasteiger partial charge in [-0.25, -0.2) is 9.78 Å². The van der Waals surface area contributed by atoms with Gasteiger partial charge in [0.15, 0.2) is 0 Å². The van der Waals surface area contributed by atoms with E-state index in [4.69, 9.17) is 14.6 Å². The van der Waals surface area contributed by atoms with Gasteiger partial charge < -0.3 is 14.6 Å². The number of aryl methyl sites for hydroxylation is 1. The van der Waals surface area contributed by atoms with Crippen molar-refractivity contribution in [1.82, 2.24) is 4.98 Å². The number of hydrogen-bond acceptors (Lipinski definition) is 5. The zero-order chi connectivity index (χ0) is 19.1.